The maximum Gasteiger partial charge on any atom is 0.338 e. The number of nitrogens with zero attached hydrogens (tertiary/aromatic N) is 3. The molecule has 1 aromatic heterocycles. The number of aryl methyl sites for hydroxylation is 1. The number of anilines is 1. The minimum absolute atomic E-state index is 0.190. The van der Waals surface area contributed by atoms with Crippen LogP contribution in [0, 0.1) is 0 Å². The van der Waals surface area contributed by atoms with Gasteiger partial charge in [-0.1, -0.05) is 73.3 Å². The van der Waals surface area contributed by atoms with E-state index in [0.717, 1.165) is 17.7 Å². The molecule has 1 aliphatic heterocycles. The number of aromatic nitrogens is 3. The maximum absolute atomic E-state index is 13.1. The number of fused-ring (bicyclic) bond motifs is 1. The molecule has 3 aromatic rings. The first-order valence-corrected chi connectivity index (χ1v) is 11.9. The second kappa shape index (κ2) is 10.7. The van der Waals surface area contributed by atoms with Gasteiger partial charge in [0.2, 0.25) is 11.1 Å². The number of rotatable bonds is 9. The molecule has 0 spiro atoms. The molecular formula is C25H28N4O3S. The third-order valence-corrected chi connectivity index (χ3v) is 6.40. The van der Waals surface area contributed by atoms with E-state index in [1.807, 2.05) is 37.3 Å². The third-order valence-electron chi connectivity index (χ3n) is 5.49. The molecule has 1 atom stereocenters. The second-order valence-electron chi connectivity index (χ2n) is 7.73. The predicted octanol–water partition coefficient (Wildman–Crippen LogP) is 4.61. The topological polar surface area (TPSA) is 78.3 Å². The van der Waals surface area contributed by atoms with Crippen molar-refractivity contribution in [2.45, 2.75) is 37.2 Å². The van der Waals surface area contributed by atoms with Gasteiger partial charge in [-0.15, -0.1) is 5.10 Å². The van der Waals surface area contributed by atoms with Crippen LogP contribution in [0.25, 0.3) is 0 Å². The van der Waals surface area contributed by atoms with Gasteiger partial charge in [-0.25, -0.2) is 9.48 Å². The van der Waals surface area contributed by atoms with Gasteiger partial charge in [0.25, 0.3) is 0 Å². The Morgan fingerprint density at radius 3 is 2.55 bits per heavy atom. The number of benzene rings is 2. The van der Waals surface area contributed by atoms with Gasteiger partial charge in [0.1, 0.15) is 12.6 Å². The number of carbonyl (C=O) groups is 1. The van der Waals surface area contributed by atoms with Crippen molar-refractivity contribution in [2.24, 2.45) is 0 Å². The van der Waals surface area contributed by atoms with E-state index in [1.54, 1.807) is 23.6 Å². The highest BCUT2D eigenvalue weighted by atomic mass is 32.2. The van der Waals surface area contributed by atoms with Crippen LogP contribution in [0.3, 0.4) is 0 Å². The minimum Gasteiger partial charge on any atom is -0.460 e. The molecular weight excluding hydrogens is 436 g/mol. The van der Waals surface area contributed by atoms with Crippen LogP contribution >= 0.6 is 11.8 Å². The number of allylic oxidation sites excluding steroid dienone is 1. The Morgan fingerprint density at radius 1 is 1.09 bits per heavy atom. The third kappa shape index (κ3) is 5.29. The summed E-state index contributed by atoms with van der Waals surface area (Å²) < 4.78 is 12.3. The zero-order valence-electron chi connectivity index (χ0n) is 19.1. The molecule has 33 heavy (non-hydrogen) atoms. The molecule has 1 N–H and O–H groups in total. The highest BCUT2D eigenvalue weighted by molar-refractivity contribution is 7.98. The van der Waals surface area contributed by atoms with Crippen molar-refractivity contribution >= 4 is 23.7 Å². The SMILES string of the molecule is CCc1ccc(C2C(C(=O)OCCOC)=C(C)Nc3nc(SCc4ccccc4)nn32)cc1. The summed E-state index contributed by atoms with van der Waals surface area (Å²) in [6.07, 6.45) is 0.947. The van der Waals surface area contributed by atoms with Gasteiger partial charge in [0, 0.05) is 18.6 Å². The lowest BCUT2D eigenvalue weighted by molar-refractivity contribution is -0.140. The Bertz CT molecular complexity index is 1130. The summed E-state index contributed by atoms with van der Waals surface area (Å²) in [5, 5.41) is 8.67. The van der Waals surface area contributed by atoms with Gasteiger partial charge < -0.3 is 14.8 Å². The first kappa shape index (κ1) is 23.1. The van der Waals surface area contributed by atoms with E-state index >= 15 is 0 Å². The molecule has 0 saturated carbocycles. The summed E-state index contributed by atoms with van der Waals surface area (Å²) in [4.78, 5) is 17.8. The van der Waals surface area contributed by atoms with Gasteiger partial charge in [-0.05, 0) is 30.0 Å². The summed E-state index contributed by atoms with van der Waals surface area (Å²) >= 11 is 1.56. The number of methoxy groups -OCH3 is 1. The van der Waals surface area contributed by atoms with Crippen LogP contribution in [0.15, 0.2) is 71.0 Å². The van der Waals surface area contributed by atoms with E-state index in [4.69, 9.17) is 19.6 Å². The fraction of sp³-hybridized carbons (Fsp3) is 0.320. The van der Waals surface area contributed by atoms with Crippen molar-refractivity contribution in [3.05, 3.63) is 82.6 Å². The lowest BCUT2D eigenvalue weighted by atomic mass is 9.95. The maximum atomic E-state index is 13.1. The molecule has 2 heterocycles. The van der Waals surface area contributed by atoms with Crippen molar-refractivity contribution in [1.82, 2.24) is 14.8 Å². The van der Waals surface area contributed by atoms with Crippen molar-refractivity contribution < 1.29 is 14.3 Å². The number of carbonyl (C=O) groups excluding carboxylic acids is 1. The minimum atomic E-state index is -0.430. The summed E-state index contributed by atoms with van der Waals surface area (Å²) in [5.41, 5.74) is 4.62. The fourth-order valence-corrected chi connectivity index (χ4v) is 4.50. The Kier molecular flexibility index (Phi) is 7.47. The summed E-state index contributed by atoms with van der Waals surface area (Å²) in [5.74, 6) is 0.987. The Morgan fingerprint density at radius 2 is 1.85 bits per heavy atom. The van der Waals surface area contributed by atoms with Crippen molar-refractivity contribution in [2.75, 3.05) is 25.6 Å². The molecule has 0 bridgehead atoms. The molecule has 0 aliphatic carbocycles. The van der Waals surface area contributed by atoms with Crippen LogP contribution in [0.1, 0.15) is 36.6 Å². The van der Waals surface area contributed by atoms with Crippen LogP contribution in [0.2, 0.25) is 0 Å². The van der Waals surface area contributed by atoms with Gasteiger partial charge in [0.05, 0.1) is 12.2 Å². The number of hydrogen-bond acceptors (Lipinski definition) is 7. The molecule has 1 unspecified atom stereocenters. The highest BCUT2D eigenvalue weighted by Gasteiger charge is 2.35. The molecule has 7 nitrogen and oxygen atoms in total. The average Bonchev–Trinajstić information content (AvgIpc) is 3.25. The van der Waals surface area contributed by atoms with Crippen molar-refractivity contribution in [3.63, 3.8) is 0 Å². The zero-order valence-corrected chi connectivity index (χ0v) is 19.9. The molecule has 0 radical (unpaired) electrons. The fourth-order valence-electron chi connectivity index (χ4n) is 3.72. The molecule has 1 aliphatic rings. The first-order chi connectivity index (χ1) is 16.1. The summed E-state index contributed by atoms with van der Waals surface area (Å²) in [6.45, 7) is 4.52. The molecule has 0 amide bonds. The summed E-state index contributed by atoms with van der Waals surface area (Å²) in [6, 6.07) is 18.0. The zero-order chi connectivity index (χ0) is 23.2. The largest absolute Gasteiger partial charge is 0.460 e. The number of ether oxygens (including phenoxy) is 2. The van der Waals surface area contributed by atoms with E-state index in [9.17, 15) is 4.79 Å². The number of nitrogens with one attached hydrogen (secondary N) is 1. The Balaban J connectivity index is 1.66. The predicted molar refractivity (Wildman–Crippen MR) is 129 cm³/mol. The Hall–Kier alpha value is -3.10. The molecule has 0 fully saturated rings. The van der Waals surface area contributed by atoms with Gasteiger partial charge in [-0.3, -0.25) is 0 Å². The molecule has 0 saturated heterocycles. The average molecular weight is 465 g/mol. The second-order valence-corrected chi connectivity index (χ2v) is 8.67. The molecule has 172 valence electrons. The highest BCUT2D eigenvalue weighted by Crippen LogP contribution is 2.37. The number of esters is 1. The van der Waals surface area contributed by atoms with E-state index < -0.39 is 6.04 Å². The number of hydrogen-bond donors (Lipinski definition) is 1. The van der Waals surface area contributed by atoms with Crippen LogP contribution in [0.5, 0.6) is 0 Å². The van der Waals surface area contributed by atoms with Crippen LogP contribution in [0.4, 0.5) is 5.95 Å². The van der Waals surface area contributed by atoms with E-state index in [-0.39, 0.29) is 12.6 Å². The molecule has 2 aromatic carbocycles. The Labute approximate surface area is 198 Å². The van der Waals surface area contributed by atoms with E-state index in [2.05, 4.69) is 36.5 Å². The smallest absolute Gasteiger partial charge is 0.338 e. The van der Waals surface area contributed by atoms with Crippen LogP contribution in [-0.4, -0.2) is 41.1 Å². The van der Waals surface area contributed by atoms with Crippen molar-refractivity contribution in [1.29, 1.82) is 0 Å². The van der Waals surface area contributed by atoms with Crippen LogP contribution in [-0.2, 0) is 26.4 Å². The van der Waals surface area contributed by atoms with E-state index in [0.29, 0.717) is 29.0 Å². The quantitative estimate of drug-likeness (QED) is 0.281. The van der Waals surface area contributed by atoms with Gasteiger partial charge >= 0.3 is 5.97 Å². The van der Waals surface area contributed by atoms with Gasteiger partial charge in [0.15, 0.2) is 0 Å². The number of thioether (sulfide) groups is 1. The monoisotopic (exact) mass is 464 g/mol. The normalized spacial score (nSPS) is 15.2. The van der Waals surface area contributed by atoms with E-state index in [1.165, 1.54) is 11.1 Å². The molecule has 4 rings (SSSR count). The summed E-state index contributed by atoms with van der Waals surface area (Å²) in [7, 11) is 1.58. The van der Waals surface area contributed by atoms with Gasteiger partial charge in [-0.2, -0.15) is 4.98 Å². The lowest BCUT2D eigenvalue weighted by Gasteiger charge is -2.28. The molecule has 8 heteroatoms. The standard InChI is InChI=1S/C25H28N4O3S/c1-4-18-10-12-20(13-11-18)22-21(23(30)32-15-14-31-3)17(2)26-24-27-25(28-29(22)24)33-16-19-8-6-5-7-9-19/h5-13,22H,4,14-16H2,1-3H3,(H,26,27,28). The van der Waals surface area contributed by atoms with Crippen LogP contribution < -0.4 is 5.32 Å². The lowest BCUT2D eigenvalue weighted by Crippen LogP contribution is -2.30. The first-order valence-electron chi connectivity index (χ1n) is 11.0. The van der Waals surface area contributed by atoms with Crippen molar-refractivity contribution in [3.8, 4) is 0 Å².